The van der Waals surface area contributed by atoms with Crippen molar-refractivity contribution in [1.82, 2.24) is 4.72 Å². The first-order valence-corrected chi connectivity index (χ1v) is 12.7. The van der Waals surface area contributed by atoms with E-state index in [2.05, 4.69) is 4.72 Å². The topological polar surface area (TPSA) is 96.6 Å². The number of hydrogen-bond donors (Lipinski definition) is 2. The number of rotatable bonds is 7. The minimum atomic E-state index is -3.83. The highest BCUT2D eigenvalue weighted by Gasteiger charge is 2.34. The van der Waals surface area contributed by atoms with Gasteiger partial charge in [0, 0.05) is 12.0 Å². The van der Waals surface area contributed by atoms with Gasteiger partial charge in [-0.15, -0.1) is 0 Å². The van der Waals surface area contributed by atoms with Gasteiger partial charge in [-0.25, -0.2) is 17.9 Å². The Labute approximate surface area is 184 Å². The van der Waals surface area contributed by atoms with Gasteiger partial charge in [-0.3, -0.25) is 0 Å². The lowest BCUT2D eigenvalue weighted by Gasteiger charge is -2.27. The van der Waals surface area contributed by atoms with Gasteiger partial charge < -0.3 is 9.52 Å². The van der Waals surface area contributed by atoms with Crippen LogP contribution in [-0.2, 0) is 22.9 Å². The quantitative estimate of drug-likeness (QED) is 0.637. The Morgan fingerprint density at radius 2 is 1.71 bits per heavy atom. The fourth-order valence-corrected chi connectivity index (χ4v) is 6.25. The standard InChI is InChI=1S/C24H33NO5S/c1-4-20(17-12-8-7-9-13-17)31(28,29)25-22(16(2)3)21-23(26)18-14-10-5-6-11-15-19(18)30-24(21)27/h7-9,12-13,16,20,22,25-26H,4-6,10-11,14-15H2,1-3H3. The van der Waals surface area contributed by atoms with E-state index < -0.39 is 26.9 Å². The van der Waals surface area contributed by atoms with Crippen LogP contribution in [0, 0.1) is 5.92 Å². The minimum Gasteiger partial charge on any atom is -0.507 e. The monoisotopic (exact) mass is 447 g/mol. The Bertz CT molecular complexity index is 1040. The van der Waals surface area contributed by atoms with E-state index in [0.29, 0.717) is 36.1 Å². The summed E-state index contributed by atoms with van der Waals surface area (Å²) >= 11 is 0. The lowest BCUT2D eigenvalue weighted by Crippen LogP contribution is -2.37. The molecular formula is C24H33NO5S. The van der Waals surface area contributed by atoms with Crippen molar-refractivity contribution in [3.05, 3.63) is 63.2 Å². The minimum absolute atomic E-state index is 0.0146. The first kappa shape index (κ1) is 23.5. The van der Waals surface area contributed by atoms with Crippen LogP contribution in [0.4, 0.5) is 0 Å². The molecule has 170 valence electrons. The van der Waals surface area contributed by atoms with E-state index in [0.717, 1.165) is 25.7 Å². The summed E-state index contributed by atoms with van der Waals surface area (Å²) in [6, 6.07) is 8.15. The van der Waals surface area contributed by atoms with Crippen LogP contribution >= 0.6 is 0 Å². The highest BCUT2D eigenvalue weighted by Crippen LogP contribution is 2.36. The van der Waals surface area contributed by atoms with Gasteiger partial charge in [0.1, 0.15) is 16.8 Å². The molecule has 0 amide bonds. The number of benzene rings is 1. The van der Waals surface area contributed by atoms with Crippen molar-refractivity contribution in [3.63, 3.8) is 0 Å². The van der Waals surface area contributed by atoms with Crippen LogP contribution in [0.25, 0.3) is 0 Å². The molecule has 1 aliphatic rings. The van der Waals surface area contributed by atoms with Crippen LogP contribution in [-0.4, -0.2) is 13.5 Å². The maximum atomic E-state index is 13.3. The Balaban J connectivity index is 2.03. The van der Waals surface area contributed by atoms with Crippen molar-refractivity contribution >= 4 is 10.0 Å². The Morgan fingerprint density at radius 3 is 2.32 bits per heavy atom. The smallest absolute Gasteiger partial charge is 0.344 e. The molecule has 1 aliphatic carbocycles. The third kappa shape index (κ3) is 5.21. The number of nitrogens with one attached hydrogen (secondary N) is 1. The summed E-state index contributed by atoms with van der Waals surface area (Å²) in [4.78, 5) is 12.9. The number of aromatic hydroxyl groups is 1. The lowest BCUT2D eigenvalue weighted by molar-refractivity contribution is 0.360. The SMILES string of the molecule is CCC(c1ccccc1)S(=O)(=O)NC(c1c(O)c2c(oc1=O)CCCCCC2)C(C)C. The first-order chi connectivity index (χ1) is 14.8. The summed E-state index contributed by atoms with van der Waals surface area (Å²) in [5, 5.41) is 10.3. The summed E-state index contributed by atoms with van der Waals surface area (Å²) in [5.41, 5.74) is 0.690. The van der Waals surface area contributed by atoms with E-state index in [-0.39, 0.29) is 17.2 Å². The molecule has 3 rings (SSSR count). The zero-order chi connectivity index (χ0) is 22.6. The van der Waals surface area contributed by atoms with Crippen LogP contribution in [0.1, 0.15) is 86.6 Å². The highest BCUT2D eigenvalue weighted by atomic mass is 32.2. The van der Waals surface area contributed by atoms with Gasteiger partial charge in [-0.05, 0) is 37.2 Å². The van der Waals surface area contributed by atoms with E-state index in [1.54, 1.807) is 12.1 Å². The maximum Gasteiger partial charge on any atom is 0.344 e. The molecule has 0 fully saturated rings. The highest BCUT2D eigenvalue weighted by molar-refractivity contribution is 7.89. The molecule has 7 heteroatoms. The molecule has 0 aliphatic heterocycles. The first-order valence-electron chi connectivity index (χ1n) is 11.2. The normalized spacial score (nSPS) is 16.9. The van der Waals surface area contributed by atoms with Gasteiger partial charge in [-0.2, -0.15) is 0 Å². The van der Waals surface area contributed by atoms with Crippen molar-refractivity contribution in [1.29, 1.82) is 0 Å². The van der Waals surface area contributed by atoms with Crippen LogP contribution in [0.2, 0.25) is 0 Å². The summed E-state index contributed by atoms with van der Waals surface area (Å²) in [7, 11) is -3.83. The van der Waals surface area contributed by atoms with Crippen LogP contribution in [0.15, 0.2) is 39.5 Å². The average molecular weight is 448 g/mol. The van der Waals surface area contributed by atoms with Gasteiger partial charge in [0.2, 0.25) is 10.0 Å². The molecule has 0 saturated heterocycles. The van der Waals surface area contributed by atoms with Crippen molar-refractivity contribution < 1.29 is 17.9 Å². The molecule has 0 bridgehead atoms. The number of aryl methyl sites for hydroxylation is 1. The summed E-state index contributed by atoms with van der Waals surface area (Å²) in [5.74, 6) is 0.165. The average Bonchev–Trinajstić information content (AvgIpc) is 2.69. The number of fused-ring (bicyclic) bond motifs is 1. The Kier molecular flexibility index (Phi) is 7.59. The molecule has 1 aromatic heterocycles. The molecule has 0 saturated carbocycles. The molecule has 0 spiro atoms. The number of sulfonamides is 1. The molecule has 2 N–H and O–H groups in total. The second-order valence-electron chi connectivity index (χ2n) is 8.66. The van der Waals surface area contributed by atoms with Crippen LogP contribution < -0.4 is 10.3 Å². The van der Waals surface area contributed by atoms with E-state index in [4.69, 9.17) is 4.42 Å². The summed E-state index contributed by atoms with van der Waals surface area (Å²) < 4.78 is 35.0. The van der Waals surface area contributed by atoms with Gasteiger partial charge >= 0.3 is 5.63 Å². The number of hydrogen-bond acceptors (Lipinski definition) is 5. The third-order valence-corrected chi connectivity index (χ3v) is 8.02. The van der Waals surface area contributed by atoms with Gasteiger partial charge in [-0.1, -0.05) is 63.9 Å². The lowest BCUT2D eigenvalue weighted by atomic mass is 9.92. The second-order valence-corrected chi connectivity index (χ2v) is 10.6. The molecular weight excluding hydrogens is 414 g/mol. The largest absolute Gasteiger partial charge is 0.507 e. The van der Waals surface area contributed by atoms with Crippen LogP contribution in [0.5, 0.6) is 5.75 Å². The molecule has 2 aromatic rings. The zero-order valence-electron chi connectivity index (χ0n) is 18.6. The third-order valence-electron chi connectivity index (χ3n) is 6.08. The Hall–Kier alpha value is -2.12. The molecule has 6 nitrogen and oxygen atoms in total. The van der Waals surface area contributed by atoms with Gasteiger partial charge in [0.15, 0.2) is 0 Å². The fourth-order valence-electron chi connectivity index (χ4n) is 4.38. The molecule has 2 unspecified atom stereocenters. The molecule has 1 aromatic carbocycles. The summed E-state index contributed by atoms with van der Waals surface area (Å²) in [6.07, 6.45) is 5.55. The predicted octanol–water partition coefficient (Wildman–Crippen LogP) is 4.77. The molecule has 0 radical (unpaired) electrons. The van der Waals surface area contributed by atoms with Crippen LogP contribution in [0.3, 0.4) is 0 Å². The van der Waals surface area contributed by atoms with E-state index >= 15 is 0 Å². The molecule has 1 heterocycles. The summed E-state index contributed by atoms with van der Waals surface area (Å²) in [6.45, 7) is 5.47. The Morgan fingerprint density at radius 1 is 1.06 bits per heavy atom. The van der Waals surface area contributed by atoms with Gasteiger partial charge in [0.05, 0.1) is 11.6 Å². The van der Waals surface area contributed by atoms with Crippen molar-refractivity contribution in [3.8, 4) is 5.75 Å². The maximum absolute atomic E-state index is 13.3. The van der Waals surface area contributed by atoms with E-state index in [1.807, 2.05) is 39.0 Å². The van der Waals surface area contributed by atoms with Gasteiger partial charge in [0.25, 0.3) is 0 Å². The van der Waals surface area contributed by atoms with E-state index in [9.17, 15) is 18.3 Å². The van der Waals surface area contributed by atoms with Crippen molar-refractivity contribution in [2.24, 2.45) is 5.92 Å². The second kappa shape index (κ2) is 10.0. The zero-order valence-corrected chi connectivity index (χ0v) is 19.4. The molecule has 2 atom stereocenters. The van der Waals surface area contributed by atoms with Crippen molar-refractivity contribution in [2.75, 3.05) is 0 Å². The fraction of sp³-hybridized carbons (Fsp3) is 0.542. The van der Waals surface area contributed by atoms with E-state index in [1.165, 1.54) is 0 Å². The van der Waals surface area contributed by atoms with Crippen molar-refractivity contribution in [2.45, 2.75) is 77.0 Å². The molecule has 31 heavy (non-hydrogen) atoms. The predicted molar refractivity (Wildman–Crippen MR) is 122 cm³/mol.